The van der Waals surface area contributed by atoms with Crippen molar-refractivity contribution in [2.75, 3.05) is 5.32 Å². The number of amides is 2. The lowest BCUT2D eigenvalue weighted by atomic mass is 9.94. The number of nitrogens with one attached hydrogen (secondary N) is 1. The van der Waals surface area contributed by atoms with Crippen molar-refractivity contribution < 1.29 is 4.79 Å². The maximum absolute atomic E-state index is 13.4. The van der Waals surface area contributed by atoms with Crippen LogP contribution in [0.4, 0.5) is 10.5 Å². The Hall–Kier alpha value is -2.72. The van der Waals surface area contributed by atoms with Gasteiger partial charge in [-0.1, -0.05) is 62.1 Å². The molecule has 0 spiro atoms. The van der Waals surface area contributed by atoms with Crippen LogP contribution < -0.4 is 5.32 Å². The fraction of sp³-hybridized carbons (Fsp3) is 0.370. The van der Waals surface area contributed by atoms with Crippen LogP contribution >= 0.6 is 11.6 Å². The Morgan fingerprint density at radius 1 is 1.03 bits per heavy atom. The largest absolute Gasteiger partial charge is 0.345 e. The number of carbonyl (C=O) groups is 1. The van der Waals surface area contributed by atoms with Gasteiger partial charge in [0.25, 0.3) is 0 Å². The fourth-order valence-electron chi connectivity index (χ4n) is 4.53. The molecule has 5 heteroatoms. The molecule has 1 fully saturated rings. The zero-order chi connectivity index (χ0) is 22.3. The van der Waals surface area contributed by atoms with Crippen LogP contribution in [0, 0.1) is 0 Å². The monoisotopic (exact) mass is 449 g/mol. The van der Waals surface area contributed by atoms with Gasteiger partial charge in [-0.2, -0.15) is 0 Å². The molecule has 0 saturated heterocycles. The van der Waals surface area contributed by atoms with Crippen molar-refractivity contribution in [1.29, 1.82) is 0 Å². The number of carbonyl (C=O) groups excluding carboxylic acids is 1. The zero-order valence-electron chi connectivity index (χ0n) is 18.8. The summed E-state index contributed by atoms with van der Waals surface area (Å²) in [5.74, 6) is 0. The Balaban J connectivity index is 1.52. The van der Waals surface area contributed by atoms with E-state index in [4.69, 9.17) is 11.6 Å². The lowest BCUT2D eigenvalue weighted by Gasteiger charge is -2.34. The Morgan fingerprint density at radius 3 is 2.53 bits per heavy atom. The summed E-state index contributed by atoms with van der Waals surface area (Å²) in [7, 11) is 0. The molecule has 2 aromatic carbocycles. The first-order valence-electron chi connectivity index (χ1n) is 11.7. The highest BCUT2D eigenvalue weighted by Crippen LogP contribution is 2.26. The molecule has 4 rings (SSSR count). The van der Waals surface area contributed by atoms with Gasteiger partial charge >= 0.3 is 6.03 Å². The summed E-state index contributed by atoms with van der Waals surface area (Å²) < 4.78 is 2.21. The molecule has 4 nitrogen and oxygen atoms in total. The number of urea groups is 1. The van der Waals surface area contributed by atoms with Gasteiger partial charge in [0, 0.05) is 35.2 Å². The van der Waals surface area contributed by atoms with E-state index in [0.29, 0.717) is 6.54 Å². The smallest absolute Gasteiger partial charge is 0.322 e. The quantitative estimate of drug-likeness (QED) is 0.409. The molecule has 32 heavy (non-hydrogen) atoms. The van der Waals surface area contributed by atoms with Crippen molar-refractivity contribution in [2.45, 2.75) is 64.6 Å². The molecule has 0 atom stereocenters. The molecule has 168 valence electrons. The van der Waals surface area contributed by atoms with E-state index in [0.717, 1.165) is 47.8 Å². The van der Waals surface area contributed by atoms with Gasteiger partial charge in [-0.25, -0.2) is 4.79 Å². The van der Waals surface area contributed by atoms with E-state index in [1.807, 2.05) is 35.2 Å². The minimum absolute atomic E-state index is 0.0170. The van der Waals surface area contributed by atoms with Gasteiger partial charge in [0.2, 0.25) is 0 Å². The van der Waals surface area contributed by atoms with Crippen LogP contribution in [0.2, 0.25) is 5.02 Å². The van der Waals surface area contributed by atoms with E-state index in [-0.39, 0.29) is 12.1 Å². The molecule has 2 amide bonds. The SMILES string of the molecule is CCc1ccc(NC(=O)N(Cc2cccn2Cc2cccc(Cl)c2)C2CCCCC2)cc1. The summed E-state index contributed by atoms with van der Waals surface area (Å²) >= 11 is 6.18. The second kappa shape index (κ2) is 10.7. The van der Waals surface area contributed by atoms with E-state index < -0.39 is 0 Å². The predicted molar refractivity (Wildman–Crippen MR) is 132 cm³/mol. The highest BCUT2D eigenvalue weighted by Gasteiger charge is 2.26. The Bertz CT molecular complexity index is 1020. The number of halogens is 1. The van der Waals surface area contributed by atoms with E-state index in [2.05, 4.69) is 53.3 Å². The molecule has 1 aliphatic rings. The Morgan fingerprint density at radius 2 is 1.81 bits per heavy atom. The molecule has 1 aromatic heterocycles. The number of hydrogen-bond acceptors (Lipinski definition) is 1. The normalized spacial score (nSPS) is 14.3. The summed E-state index contributed by atoms with van der Waals surface area (Å²) in [5.41, 5.74) is 4.40. The van der Waals surface area contributed by atoms with Crippen LogP contribution in [-0.4, -0.2) is 21.5 Å². The van der Waals surface area contributed by atoms with Crippen molar-refractivity contribution in [2.24, 2.45) is 0 Å². The number of rotatable bonds is 7. The molecular formula is C27H32ClN3O. The van der Waals surface area contributed by atoms with Gasteiger partial charge < -0.3 is 14.8 Å². The van der Waals surface area contributed by atoms with Crippen molar-refractivity contribution >= 4 is 23.3 Å². The number of nitrogens with zero attached hydrogens (tertiary/aromatic N) is 2. The topological polar surface area (TPSA) is 37.3 Å². The Kier molecular flexibility index (Phi) is 7.54. The molecule has 1 saturated carbocycles. The van der Waals surface area contributed by atoms with Crippen LogP contribution in [0.15, 0.2) is 66.9 Å². The first-order chi connectivity index (χ1) is 15.6. The van der Waals surface area contributed by atoms with Gasteiger partial charge in [0.05, 0.1) is 6.54 Å². The second-order valence-electron chi connectivity index (χ2n) is 8.66. The number of aryl methyl sites for hydroxylation is 1. The minimum Gasteiger partial charge on any atom is -0.345 e. The molecule has 1 aliphatic carbocycles. The average molecular weight is 450 g/mol. The van der Waals surface area contributed by atoms with Gasteiger partial charge in [0.15, 0.2) is 0 Å². The molecule has 0 unspecified atom stereocenters. The molecular weight excluding hydrogens is 418 g/mol. The molecule has 0 radical (unpaired) electrons. The number of anilines is 1. The van der Waals surface area contributed by atoms with Gasteiger partial charge in [0.1, 0.15) is 0 Å². The number of hydrogen-bond donors (Lipinski definition) is 1. The summed E-state index contributed by atoms with van der Waals surface area (Å²) in [6, 6.07) is 20.5. The molecule has 1 heterocycles. The van der Waals surface area contributed by atoms with Crippen molar-refractivity contribution in [3.63, 3.8) is 0 Å². The first kappa shape index (κ1) is 22.5. The van der Waals surface area contributed by atoms with E-state index in [1.54, 1.807) is 0 Å². The molecule has 0 aliphatic heterocycles. The number of aromatic nitrogens is 1. The highest BCUT2D eigenvalue weighted by atomic mass is 35.5. The predicted octanol–water partition coefficient (Wildman–Crippen LogP) is 7.12. The van der Waals surface area contributed by atoms with Gasteiger partial charge in [-0.3, -0.25) is 0 Å². The van der Waals surface area contributed by atoms with Crippen LogP contribution in [-0.2, 0) is 19.5 Å². The van der Waals surface area contributed by atoms with E-state index in [9.17, 15) is 4.79 Å². The summed E-state index contributed by atoms with van der Waals surface area (Å²) in [6.07, 6.45) is 8.83. The maximum atomic E-state index is 13.4. The molecule has 0 bridgehead atoms. The third-order valence-electron chi connectivity index (χ3n) is 6.39. The van der Waals surface area contributed by atoms with Crippen LogP contribution in [0.25, 0.3) is 0 Å². The first-order valence-corrected chi connectivity index (χ1v) is 12.0. The van der Waals surface area contributed by atoms with E-state index >= 15 is 0 Å². The fourth-order valence-corrected chi connectivity index (χ4v) is 4.75. The molecule has 1 N–H and O–H groups in total. The molecule has 3 aromatic rings. The van der Waals surface area contributed by atoms with Crippen LogP contribution in [0.3, 0.4) is 0 Å². The summed E-state index contributed by atoms with van der Waals surface area (Å²) in [4.78, 5) is 15.4. The van der Waals surface area contributed by atoms with Crippen molar-refractivity contribution in [3.05, 3.63) is 88.7 Å². The summed E-state index contributed by atoms with van der Waals surface area (Å²) in [6.45, 7) is 3.47. The van der Waals surface area contributed by atoms with Crippen LogP contribution in [0.5, 0.6) is 0 Å². The zero-order valence-corrected chi connectivity index (χ0v) is 19.5. The van der Waals surface area contributed by atoms with Crippen molar-refractivity contribution in [1.82, 2.24) is 9.47 Å². The third-order valence-corrected chi connectivity index (χ3v) is 6.62. The highest BCUT2D eigenvalue weighted by molar-refractivity contribution is 6.30. The van der Waals surface area contributed by atoms with Gasteiger partial charge in [-0.15, -0.1) is 0 Å². The average Bonchev–Trinajstić information content (AvgIpc) is 3.25. The minimum atomic E-state index is -0.0170. The third kappa shape index (κ3) is 5.74. The number of benzene rings is 2. The van der Waals surface area contributed by atoms with Crippen LogP contribution in [0.1, 0.15) is 55.8 Å². The second-order valence-corrected chi connectivity index (χ2v) is 9.09. The van der Waals surface area contributed by atoms with Gasteiger partial charge in [-0.05, 0) is 66.8 Å². The standard InChI is InChI=1S/C27H32ClN3O/c1-2-21-13-15-24(16-14-21)29-27(32)31(25-10-4-3-5-11-25)20-26-12-7-17-30(26)19-22-8-6-9-23(28)18-22/h6-9,12-18,25H,2-5,10-11,19-20H2,1H3,(H,29,32). The summed E-state index contributed by atoms with van der Waals surface area (Å²) in [5, 5.41) is 3.88. The van der Waals surface area contributed by atoms with E-state index in [1.165, 1.54) is 24.8 Å². The lowest BCUT2D eigenvalue weighted by molar-refractivity contribution is 0.161. The Labute approximate surface area is 196 Å². The lowest BCUT2D eigenvalue weighted by Crippen LogP contribution is -2.43. The maximum Gasteiger partial charge on any atom is 0.322 e. The van der Waals surface area contributed by atoms with Crippen molar-refractivity contribution in [3.8, 4) is 0 Å².